The number of hydrogen-bond donors (Lipinski definition) is 1. The maximum atomic E-state index is 6.05. The van der Waals surface area contributed by atoms with Gasteiger partial charge in [0.1, 0.15) is 3.70 Å². The summed E-state index contributed by atoms with van der Waals surface area (Å²) >= 11 is 8.24. The van der Waals surface area contributed by atoms with Crippen LogP contribution in [-0.2, 0) is 4.74 Å². The average Bonchev–Trinajstić information content (AvgIpc) is 2.78. The number of hydrogen-bond acceptors (Lipinski definition) is 5. The topological polar surface area (TPSA) is 54.7 Å². The summed E-state index contributed by atoms with van der Waals surface area (Å²) in [4.78, 5) is 6.63. The Labute approximate surface area is 135 Å². The summed E-state index contributed by atoms with van der Waals surface area (Å²) < 4.78 is 8.40. The Bertz CT molecular complexity index is 619. The van der Waals surface area contributed by atoms with Gasteiger partial charge in [0.25, 0.3) is 0 Å². The van der Waals surface area contributed by atoms with Crippen LogP contribution in [0.15, 0.2) is 12.3 Å². The Hall–Kier alpha value is -0.640. The second-order valence-corrected chi connectivity index (χ2v) is 6.33. The van der Waals surface area contributed by atoms with Gasteiger partial charge in [0.2, 0.25) is 0 Å². The van der Waals surface area contributed by atoms with Crippen LogP contribution in [0.1, 0.15) is 0 Å². The van der Waals surface area contributed by atoms with Crippen molar-refractivity contribution in [2.75, 3.05) is 38.6 Å². The Morgan fingerprint density at radius 2 is 2.45 bits per heavy atom. The molecule has 1 aliphatic rings. The number of fused-ring (bicyclic) bond motifs is 1. The van der Waals surface area contributed by atoms with Crippen molar-refractivity contribution in [3.8, 4) is 0 Å². The fourth-order valence-corrected chi connectivity index (χ4v) is 2.92. The highest BCUT2D eigenvalue weighted by Gasteiger charge is 2.18. The predicted molar refractivity (Wildman–Crippen MR) is 86.4 cm³/mol. The third kappa shape index (κ3) is 3.00. The summed E-state index contributed by atoms with van der Waals surface area (Å²) in [5, 5.41) is 8.05. The van der Waals surface area contributed by atoms with E-state index in [1.807, 2.05) is 0 Å². The lowest BCUT2D eigenvalue weighted by molar-refractivity contribution is -0.0117. The lowest BCUT2D eigenvalue weighted by Gasteiger charge is -2.30. The van der Waals surface area contributed by atoms with Crippen molar-refractivity contribution >= 4 is 45.5 Å². The van der Waals surface area contributed by atoms with Gasteiger partial charge in [-0.1, -0.05) is 11.6 Å². The maximum Gasteiger partial charge on any atom is 0.178 e. The molecule has 0 amide bonds. The number of aromatic nitrogens is 3. The minimum atomic E-state index is 0.176. The van der Waals surface area contributed by atoms with Crippen molar-refractivity contribution in [2.24, 2.45) is 0 Å². The molecule has 8 heteroatoms. The van der Waals surface area contributed by atoms with Crippen LogP contribution in [0.3, 0.4) is 0 Å². The zero-order chi connectivity index (χ0) is 14.1. The number of morpholine rings is 1. The van der Waals surface area contributed by atoms with Crippen LogP contribution in [0.4, 0.5) is 5.69 Å². The Morgan fingerprint density at radius 3 is 3.25 bits per heavy atom. The molecule has 0 saturated carbocycles. The van der Waals surface area contributed by atoms with E-state index in [4.69, 9.17) is 16.3 Å². The summed E-state index contributed by atoms with van der Waals surface area (Å²) in [5.74, 6) is 0. The van der Waals surface area contributed by atoms with Crippen molar-refractivity contribution in [3.05, 3.63) is 21.1 Å². The van der Waals surface area contributed by atoms with Gasteiger partial charge in [-0.15, -0.1) is 0 Å². The number of nitrogens with one attached hydrogen (secondary N) is 1. The van der Waals surface area contributed by atoms with Gasteiger partial charge < -0.3 is 15.0 Å². The van der Waals surface area contributed by atoms with Crippen LogP contribution in [0.5, 0.6) is 0 Å². The number of rotatable bonds is 3. The molecule has 1 aliphatic heterocycles. The second-order valence-electron chi connectivity index (χ2n) is 4.83. The number of ether oxygens (including phenoxy) is 1. The van der Waals surface area contributed by atoms with Gasteiger partial charge >= 0.3 is 0 Å². The van der Waals surface area contributed by atoms with E-state index >= 15 is 0 Å². The zero-order valence-electron chi connectivity index (χ0n) is 11.0. The number of nitrogens with zero attached hydrogens (tertiary/aromatic N) is 4. The van der Waals surface area contributed by atoms with E-state index in [0.717, 1.165) is 41.3 Å². The maximum absolute atomic E-state index is 6.05. The number of likely N-dealkylation sites (N-methyl/N-ethyl adjacent to an activating group) is 1. The van der Waals surface area contributed by atoms with E-state index in [0.29, 0.717) is 5.15 Å². The second kappa shape index (κ2) is 6.00. The number of imidazole rings is 1. The quantitative estimate of drug-likeness (QED) is 0.786. The Balaban J connectivity index is 1.77. The summed E-state index contributed by atoms with van der Waals surface area (Å²) in [7, 11) is 2.11. The first-order chi connectivity index (χ1) is 9.63. The normalized spacial score (nSPS) is 20.4. The molecule has 0 unspecified atom stereocenters. The summed E-state index contributed by atoms with van der Waals surface area (Å²) in [6.45, 7) is 3.41. The van der Waals surface area contributed by atoms with E-state index < -0.39 is 0 Å². The highest BCUT2D eigenvalue weighted by atomic mass is 127. The zero-order valence-corrected chi connectivity index (χ0v) is 13.9. The molecule has 6 nitrogen and oxygen atoms in total. The molecule has 1 fully saturated rings. The molecule has 108 valence electrons. The number of halogens is 2. The van der Waals surface area contributed by atoms with Crippen molar-refractivity contribution in [2.45, 2.75) is 6.10 Å². The first kappa shape index (κ1) is 14.3. The first-order valence-corrected chi connectivity index (χ1v) is 7.83. The smallest absolute Gasteiger partial charge is 0.178 e. The molecule has 1 atom stereocenters. The molecule has 0 radical (unpaired) electrons. The predicted octanol–water partition coefficient (Wildman–Crippen LogP) is 1.73. The third-order valence-corrected chi connectivity index (χ3v) is 4.18. The van der Waals surface area contributed by atoms with Crippen LogP contribution in [-0.4, -0.2) is 58.9 Å². The van der Waals surface area contributed by atoms with Gasteiger partial charge in [0, 0.05) is 25.7 Å². The number of anilines is 1. The SMILES string of the molecule is CN1CCO[C@@H](CNc2cc(Cl)nn3c(I)cnc23)C1. The molecule has 2 aromatic heterocycles. The molecule has 1 N–H and O–H groups in total. The third-order valence-electron chi connectivity index (χ3n) is 3.26. The van der Waals surface area contributed by atoms with Crippen molar-refractivity contribution in [3.63, 3.8) is 0 Å². The molecular formula is C12H15ClIN5O. The van der Waals surface area contributed by atoms with Crippen LogP contribution in [0, 0.1) is 3.70 Å². The van der Waals surface area contributed by atoms with Gasteiger partial charge in [-0.3, -0.25) is 0 Å². The molecule has 1 saturated heterocycles. The van der Waals surface area contributed by atoms with Gasteiger partial charge in [-0.2, -0.15) is 5.10 Å². The van der Waals surface area contributed by atoms with Gasteiger partial charge in [0.15, 0.2) is 10.8 Å². The standard InChI is InChI=1S/C12H15ClIN5O/c1-18-2-3-20-8(7-18)5-15-9-4-10(13)17-19-11(14)6-16-12(9)19/h4,6,8,15H,2-3,5,7H2,1H3/t8-/m0/s1. The van der Waals surface area contributed by atoms with Crippen LogP contribution in [0.25, 0.3) is 5.65 Å². The lowest BCUT2D eigenvalue weighted by atomic mass is 10.2. The molecule has 0 aliphatic carbocycles. The molecule has 3 rings (SSSR count). The van der Waals surface area contributed by atoms with Crippen LogP contribution >= 0.6 is 34.2 Å². The molecule has 20 heavy (non-hydrogen) atoms. The van der Waals surface area contributed by atoms with Gasteiger partial charge in [0.05, 0.1) is 24.6 Å². The molecule has 0 bridgehead atoms. The lowest BCUT2D eigenvalue weighted by Crippen LogP contribution is -2.43. The van der Waals surface area contributed by atoms with Gasteiger partial charge in [-0.05, 0) is 29.6 Å². The van der Waals surface area contributed by atoms with Gasteiger partial charge in [-0.25, -0.2) is 9.50 Å². The Morgan fingerprint density at radius 1 is 1.60 bits per heavy atom. The summed E-state index contributed by atoms with van der Waals surface area (Å²) in [6, 6.07) is 1.80. The minimum Gasteiger partial charge on any atom is -0.379 e. The molecule has 3 heterocycles. The average molecular weight is 408 g/mol. The van der Waals surface area contributed by atoms with E-state index in [1.54, 1.807) is 16.8 Å². The van der Waals surface area contributed by atoms with Crippen LogP contribution in [0.2, 0.25) is 5.15 Å². The van der Waals surface area contributed by atoms with E-state index in [-0.39, 0.29) is 6.10 Å². The molecular weight excluding hydrogens is 393 g/mol. The summed E-state index contributed by atoms with van der Waals surface area (Å²) in [6.07, 6.45) is 1.95. The summed E-state index contributed by atoms with van der Waals surface area (Å²) in [5.41, 5.74) is 1.66. The van der Waals surface area contributed by atoms with Crippen molar-refractivity contribution in [1.82, 2.24) is 19.5 Å². The van der Waals surface area contributed by atoms with Crippen molar-refractivity contribution in [1.29, 1.82) is 0 Å². The highest BCUT2D eigenvalue weighted by molar-refractivity contribution is 14.1. The fraction of sp³-hybridized carbons (Fsp3) is 0.500. The minimum absolute atomic E-state index is 0.176. The van der Waals surface area contributed by atoms with Crippen molar-refractivity contribution < 1.29 is 4.74 Å². The van der Waals surface area contributed by atoms with E-state index in [9.17, 15) is 0 Å². The molecule has 2 aromatic rings. The molecule has 0 spiro atoms. The highest BCUT2D eigenvalue weighted by Crippen LogP contribution is 2.21. The van der Waals surface area contributed by atoms with E-state index in [1.165, 1.54) is 0 Å². The largest absolute Gasteiger partial charge is 0.379 e. The molecule has 0 aromatic carbocycles. The monoisotopic (exact) mass is 407 g/mol. The Kier molecular flexibility index (Phi) is 4.29. The first-order valence-electron chi connectivity index (χ1n) is 6.37. The van der Waals surface area contributed by atoms with E-state index in [2.05, 4.69) is 49.9 Å². The van der Waals surface area contributed by atoms with Crippen LogP contribution < -0.4 is 5.32 Å². The fourth-order valence-electron chi connectivity index (χ4n) is 2.26.